The zero-order chi connectivity index (χ0) is 17.2. The summed E-state index contributed by atoms with van der Waals surface area (Å²) >= 11 is 0. The number of hydrogen-bond donors (Lipinski definition) is 1. The monoisotopic (exact) mass is 334 g/mol. The molecular formula is C15H13F3N6. The van der Waals surface area contributed by atoms with Crippen molar-refractivity contribution in [3.05, 3.63) is 48.8 Å². The quantitative estimate of drug-likeness (QED) is 0.792. The molecule has 0 spiro atoms. The van der Waals surface area contributed by atoms with E-state index in [1.807, 2.05) is 6.07 Å². The molecule has 3 heterocycles. The fourth-order valence-electron chi connectivity index (χ4n) is 2.14. The van der Waals surface area contributed by atoms with Crippen LogP contribution in [-0.2, 0) is 6.54 Å². The molecule has 0 unspecified atom stereocenters. The minimum atomic E-state index is -4.32. The van der Waals surface area contributed by atoms with Crippen LogP contribution in [0.15, 0.2) is 43.0 Å². The molecule has 124 valence electrons. The minimum Gasteiger partial charge on any atom is -0.338 e. The Morgan fingerprint density at radius 2 is 2.04 bits per heavy atom. The van der Waals surface area contributed by atoms with Crippen LogP contribution in [0.5, 0.6) is 0 Å². The number of hydrogen-bond acceptors (Lipinski definition) is 5. The average molecular weight is 334 g/mol. The molecular weight excluding hydrogens is 321 g/mol. The van der Waals surface area contributed by atoms with E-state index in [-0.39, 0.29) is 0 Å². The average Bonchev–Trinajstić information content (AvgIpc) is 2.92. The molecule has 0 fully saturated rings. The van der Waals surface area contributed by atoms with Crippen molar-refractivity contribution in [1.29, 1.82) is 0 Å². The van der Waals surface area contributed by atoms with E-state index in [1.54, 1.807) is 31.5 Å². The van der Waals surface area contributed by atoms with Crippen LogP contribution in [0.25, 0.3) is 11.3 Å². The summed E-state index contributed by atoms with van der Waals surface area (Å²) in [5.41, 5.74) is 1.90. The second-order valence-corrected chi connectivity index (χ2v) is 5.09. The van der Waals surface area contributed by atoms with Crippen molar-refractivity contribution in [1.82, 2.24) is 24.7 Å². The van der Waals surface area contributed by atoms with Crippen LogP contribution in [0.2, 0.25) is 0 Å². The van der Waals surface area contributed by atoms with Gasteiger partial charge in [-0.25, -0.2) is 9.97 Å². The van der Waals surface area contributed by atoms with E-state index in [0.717, 1.165) is 10.2 Å². The van der Waals surface area contributed by atoms with Gasteiger partial charge in [0, 0.05) is 30.2 Å². The Hall–Kier alpha value is -2.97. The van der Waals surface area contributed by atoms with Crippen molar-refractivity contribution in [3.63, 3.8) is 0 Å². The van der Waals surface area contributed by atoms with Crippen LogP contribution < -0.4 is 5.32 Å². The van der Waals surface area contributed by atoms with Gasteiger partial charge in [0.05, 0.1) is 17.6 Å². The maximum atomic E-state index is 12.4. The van der Waals surface area contributed by atoms with E-state index >= 15 is 0 Å². The molecule has 0 radical (unpaired) electrons. The second kappa shape index (κ2) is 6.26. The Bertz CT molecular complexity index is 829. The predicted molar refractivity (Wildman–Crippen MR) is 81.6 cm³/mol. The van der Waals surface area contributed by atoms with Crippen molar-refractivity contribution >= 4 is 11.5 Å². The molecule has 0 amide bonds. The van der Waals surface area contributed by atoms with Crippen LogP contribution >= 0.6 is 0 Å². The molecule has 0 aliphatic rings. The molecule has 0 bridgehead atoms. The second-order valence-electron chi connectivity index (χ2n) is 5.09. The number of rotatable bonds is 4. The molecule has 6 nitrogen and oxygen atoms in total. The van der Waals surface area contributed by atoms with Crippen molar-refractivity contribution in [2.24, 2.45) is 0 Å². The van der Waals surface area contributed by atoms with Crippen LogP contribution in [0.3, 0.4) is 0 Å². The lowest BCUT2D eigenvalue weighted by Gasteiger charge is -2.07. The molecule has 0 aliphatic carbocycles. The fourth-order valence-corrected chi connectivity index (χ4v) is 2.14. The van der Waals surface area contributed by atoms with E-state index in [4.69, 9.17) is 0 Å². The van der Waals surface area contributed by atoms with Crippen LogP contribution in [-0.4, -0.2) is 30.9 Å². The summed E-state index contributed by atoms with van der Waals surface area (Å²) in [5.74, 6) is 0.995. The van der Waals surface area contributed by atoms with Gasteiger partial charge in [-0.05, 0) is 19.1 Å². The van der Waals surface area contributed by atoms with Crippen molar-refractivity contribution in [2.75, 3.05) is 5.32 Å². The van der Waals surface area contributed by atoms with Gasteiger partial charge in [-0.2, -0.15) is 18.3 Å². The highest BCUT2D eigenvalue weighted by Gasteiger charge is 2.28. The first-order valence-corrected chi connectivity index (χ1v) is 7.01. The number of anilines is 2. The first kappa shape index (κ1) is 15.9. The molecule has 3 aromatic heterocycles. The summed E-state index contributed by atoms with van der Waals surface area (Å²) < 4.78 is 37.9. The topological polar surface area (TPSA) is 68.5 Å². The number of aryl methyl sites for hydroxylation is 1. The first-order valence-electron chi connectivity index (χ1n) is 7.01. The summed E-state index contributed by atoms with van der Waals surface area (Å²) in [5, 5.41) is 6.62. The zero-order valence-corrected chi connectivity index (χ0v) is 12.6. The molecule has 24 heavy (non-hydrogen) atoms. The van der Waals surface area contributed by atoms with Crippen molar-refractivity contribution in [2.45, 2.75) is 19.6 Å². The van der Waals surface area contributed by atoms with Gasteiger partial charge in [-0.1, -0.05) is 0 Å². The van der Waals surface area contributed by atoms with Gasteiger partial charge in [0.1, 0.15) is 18.2 Å². The molecule has 0 saturated carbocycles. The summed E-state index contributed by atoms with van der Waals surface area (Å²) in [7, 11) is 0. The van der Waals surface area contributed by atoms with E-state index < -0.39 is 12.7 Å². The minimum absolute atomic E-state index is 0.412. The van der Waals surface area contributed by atoms with E-state index in [0.29, 0.717) is 23.0 Å². The molecule has 9 heteroatoms. The molecule has 0 aliphatic heterocycles. The molecule has 3 aromatic rings. The van der Waals surface area contributed by atoms with E-state index in [9.17, 15) is 13.2 Å². The van der Waals surface area contributed by atoms with Crippen LogP contribution in [0.4, 0.5) is 24.7 Å². The summed E-state index contributed by atoms with van der Waals surface area (Å²) in [4.78, 5) is 12.6. The third-order valence-corrected chi connectivity index (χ3v) is 3.04. The molecule has 3 rings (SSSR count). The van der Waals surface area contributed by atoms with Gasteiger partial charge < -0.3 is 5.32 Å². The summed E-state index contributed by atoms with van der Waals surface area (Å²) in [6.45, 7) is 0.594. The van der Waals surface area contributed by atoms with Crippen molar-refractivity contribution < 1.29 is 13.2 Å². The molecule has 0 aromatic carbocycles. The van der Waals surface area contributed by atoms with Crippen LogP contribution in [0.1, 0.15) is 5.82 Å². The Balaban J connectivity index is 1.82. The molecule has 0 saturated heterocycles. The van der Waals surface area contributed by atoms with Gasteiger partial charge in [-0.15, -0.1) is 0 Å². The number of nitrogens with zero attached hydrogens (tertiary/aromatic N) is 5. The van der Waals surface area contributed by atoms with Gasteiger partial charge in [0.25, 0.3) is 0 Å². The smallest absolute Gasteiger partial charge is 0.338 e. The highest BCUT2D eigenvalue weighted by Crippen LogP contribution is 2.22. The van der Waals surface area contributed by atoms with Gasteiger partial charge in [0.15, 0.2) is 0 Å². The standard InChI is InChI=1S/C15H13F3N6/c1-10-21-13(11-3-2-4-19-6-11)5-14(22-10)23-12-7-20-24(8-12)9-15(16,17)18/h2-8H,9H2,1H3,(H,21,22,23). The maximum Gasteiger partial charge on any atom is 0.408 e. The maximum absolute atomic E-state index is 12.4. The zero-order valence-electron chi connectivity index (χ0n) is 12.6. The lowest BCUT2D eigenvalue weighted by molar-refractivity contribution is -0.142. The normalized spacial score (nSPS) is 11.5. The summed E-state index contributed by atoms with van der Waals surface area (Å²) in [6.07, 6.45) is 1.60. The van der Waals surface area contributed by atoms with E-state index in [1.165, 1.54) is 12.4 Å². The predicted octanol–water partition coefficient (Wildman–Crippen LogP) is 3.35. The van der Waals surface area contributed by atoms with Crippen LogP contribution in [0, 0.1) is 6.92 Å². The largest absolute Gasteiger partial charge is 0.408 e. The Morgan fingerprint density at radius 3 is 2.75 bits per heavy atom. The van der Waals surface area contributed by atoms with E-state index in [2.05, 4.69) is 25.4 Å². The molecule has 1 N–H and O–H groups in total. The van der Waals surface area contributed by atoms with Crippen molar-refractivity contribution in [3.8, 4) is 11.3 Å². The number of nitrogens with one attached hydrogen (secondary N) is 1. The number of aromatic nitrogens is 5. The number of pyridine rings is 1. The highest BCUT2D eigenvalue weighted by atomic mass is 19.4. The lowest BCUT2D eigenvalue weighted by atomic mass is 10.2. The van der Waals surface area contributed by atoms with Gasteiger partial charge >= 0.3 is 6.18 Å². The highest BCUT2D eigenvalue weighted by molar-refractivity contribution is 5.64. The summed E-state index contributed by atoms with van der Waals surface area (Å²) in [6, 6.07) is 5.35. The molecule has 0 atom stereocenters. The Labute approximate surface area is 135 Å². The number of alkyl halides is 3. The Kier molecular flexibility index (Phi) is 4.15. The number of halogens is 3. The van der Waals surface area contributed by atoms with Gasteiger partial charge in [-0.3, -0.25) is 9.67 Å². The first-order chi connectivity index (χ1) is 11.4. The van der Waals surface area contributed by atoms with Gasteiger partial charge in [0.2, 0.25) is 0 Å². The Morgan fingerprint density at radius 1 is 1.21 bits per heavy atom. The fraction of sp³-hybridized carbons (Fsp3) is 0.200. The lowest BCUT2D eigenvalue weighted by Crippen LogP contribution is -2.17. The third-order valence-electron chi connectivity index (χ3n) is 3.04. The third kappa shape index (κ3) is 4.06. The SMILES string of the molecule is Cc1nc(Nc2cnn(CC(F)(F)F)c2)cc(-c2cccnc2)n1.